The molecule has 7 heteroatoms. The van der Waals surface area contributed by atoms with Crippen LogP contribution < -0.4 is 9.80 Å². The van der Waals surface area contributed by atoms with Gasteiger partial charge in [0.15, 0.2) is 11.6 Å². The van der Waals surface area contributed by atoms with Crippen molar-refractivity contribution in [1.29, 1.82) is 0 Å². The van der Waals surface area contributed by atoms with Crippen LogP contribution in [0.25, 0.3) is 0 Å². The fourth-order valence-corrected chi connectivity index (χ4v) is 2.67. The summed E-state index contributed by atoms with van der Waals surface area (Å²) in [4.78, 5) is 18.2. The Morgan fingerprint density at radius 3 is 2.42 bits per heavy atom. The molecule has 0 unspecified atom stereocenters. The van der Waals surface area contributed by atoms with E-state index < -0.39 is 5.82 Å². The van der Waals surface area contributed by atoms with Crippen LogP contribution in [0.1, 0.15) is 10.4 Å². The molecule has 0 aliphatic carbocycles. The minimum atomic E-state index is -0.393. The van der Waals surface area contributed by atoms with Gasteiger partial charge in [-0.15, -0.1) is 10.2 Å². The predicted molar refractivity (Wildman–Crippen MR) is 90.9 cm³/mol. The number of rotatable bonds is 3. The van der Waals surface area contributed by atoms with Crippen LogP contribution in [0.2, 0.25) is 0 Å². The fourth-order valence-electron chi connectivity index (χ4n) is 2.67. The standard InChI is InChI=1S/C17H20FN5O/c1-21(2)15-6-7-16(20-19-15)22-8-10-23(11-9-22)17(24)13-4-3-5-14(18)12-13/h3-7,12H,8-11H2,1-2H3. The van der Waals surface area contributed by atoms with E-state index in [0.717, 1.165) is 11.6 Å². The minimum absolute atomic E-state index is 0.136. The van der Waals surface area contributed by atoms with Gasteiger partial charge in [0.1, 0.15) is 5.82 Å². The summed E-state index contributed by atoms with van der Waals surface area (Å²) in [5.41, 5.74) is 0.388. The van der Waals surface area contributed by atoms with E-state index in [4.69, 9.17) is 0 Å². The molecular formula is C17H20FN5O. The smallest absolute Gasteiger partial charge is 0.254 e. The van der Waals surface area contributed by atoms with Crippen molar-refractivity contribution in [2.24, 2.45) is 0 Å². The Kier molecular flexibility index (Phi) is 4.59. The van der Waals surface area contributed by atoms with Crippen molar-refractivity contribution in [3.63, 3.8) is 0 Å². The number of halogens is 1. The van der Waals surface area contributed by atoms with Gasteiger partial charge >= 0.3 is 0 Å². The normalized spacial score (nSPS) is 14.6. The van der Waals surface area contributed by atoms with E-state index in [0.29, 0.717) is 31.7 Å². The van der Waals surface area contributed by atoms with Crippen molar-refractivity contribution in [3.8, 4) is 0 Å². The molecule has 1 saturated heterocycles. The number of carbonyl (C=O) groups excluding carboxylic acids is 1. The van der Waals surface area contributed by atoms with Gasteiger partial charge in [0.05, 0.1) is 0 Å². The molecule has 0 bridgehead atoms. The lowest BCUT2D eigenvalue weighted by Crippen LogP contribution is -2.49. The third-order valence-corrected chi connectivity index (χ3v) is 4.06. The SMILES string of the molecule is CN(C)c1ccc(N2CCN(C(=O)c3cccc(F)c3)CC2)nn1. The Hall–Kier alpha value is -2.70. The molecule has 1 aliphatic heterocycles. The average molecular weight is 329 g/mol. The van der Waals surface area contributed by atoms with Gasteiger partial charge in [-0.2, -0.15) is 0 Å². The van der Waals surface area contributed by atoms with Gasteiger partial charge in [-0.3, -0.25) is 4.79 Å². The molecule has 0 saturated carbocycles. The highest BCUT2D eigenvalue weighted by Crippen LogP contribution is 2.16. The van der Waals surface area contributed by atoms with Crippen LogP contribution in [0.3, 0.4) is 0 Å². The van der Waals surface area contributed by atoms with Gasteiger partial charge in [-0.1, -0.05) is 6.07 Å². The number of hydrogen-bond donors (Lipinski definition) is 0. The van der Waals surface area contributed by atoms with Crippen LogP contribution in [-0.2, 0) is 0 Å². The van der Waals surface area contributed by atoms with Gasteiger partial charge < -0.3 is 14.7 Å². The first kappa shape index (κ1) is 16.2. The Morgan fingerprint density at radius 2 is 1.83 bits per heavy atom. The molecule has 3 rings (SSSR count). The average Bonchev–Trinajstić information content (AvgIpc) is 2.61. The first-order chi connectivity index (χ1) is 11.5. The lowest BCUT2D eigenvalue weighted by Gasteiger charge is -2.35. The molecule has 24 heavy (non-hydrogen) atoms. The number of benzene rings is 1. The summed E-state index contributed by atoms with van der Waals surface area (Å²) in [5, 5.41) is 8.42. The quantitative estimate of drug-likeness (QED) is 0.857. The molecule has 0 N–H and O–H groups in total. The molecule has 1 aromatic heterocycles. The summed E-state index contributed by atoms with van der Waals surface area (Å²) < 4.78 is 13.3. The lowest BCUT2D eigenvalue weighted by molar-refractivity contribution is 0.0746. The third-order valence-electron chi connectivity index (χ3n) is 4.06. The molecule has 1 aliphatic rings. The van der Waals surface area contributed by atoms with Crippen molar-refractivity contribution >= 4 is 17.5 Å². The van der Waals surface area contributed by atoms with Crippen LogP contribution in [0.15, 0.2) is 36.4 Å². The van der Waals surface area contributed by atoms with E-state index in [9.17, 15) is 9.18 Å². The van der Waals surface area contributed by atoms with Crippen molar-refractivity contribution in [3.05, 3.63) is 47.8 Å². The topological polar surface area (TPSA) is 52.6 Å². The second-order valence-corrected chi connectivity index (χ2v) is 5.93. The van der Waals surface area contributed by atoms with E-state index in [1.165, 1.54) is 12.1 Å². The van der Waals surface area contributed by atoms with Gasteiger partial charge in [0, 0.05) is 45.8 Å². The van der Waals surface area contributed by atoms with Crippen LogP contribution in [0.5, 0.6) is 0 Å². The zero-order chi connectivity index (χ0) is 17.1. The molecular weight excluding hydrogens is 309 g/mol. The molecule has 2 heterocycles. The van der Waals surface area contributed by atoms with Crippen molar-refractivity contribution in [2.45, 2.75) is 0 Å². The highest BCUT2D eigenvalue weighted by atomic mass is 19.1. The molecule has 1 fully saturated rings. The predicted octanol–water partition coefficient (Wildman–Crippen LogP) is 1.64. The Bertz CT molecular complexity index is 711. The van der Waals surface area contributed by atoms with Crippen molar-refractivity contribution in [2.75, 3.05) is 50.1 Å². The fraction of sp³-hybridized carbons (Fsp3) is 0.353. The maximum absolute atomic E-state index is 13.3. The largest absolute Gasteiger partial charge is 0.361 e. The number of carbonyl (C=O) groups is 1. The molecule has 1 amide bonds. The number of aromatic nitrogens is 2. The monoisotopic (exact) mass is 329 g/mol. The molecule has 2 aromatic rings. The number of amides is 1. The summed E-state index contributed by atoms with van der Waals surface area (Å²) in [6.07, 6.45) is 0. The molecule has 0 atom stereocenters. The summed E-state index contributed by atoms with van der Waals surface area (Å²) >= 11 is 0. The van der Waals surface area contributed by atoms with Gasteiger partial charge in [0.2, 0.25) is 0 Å². The molecule has 1 aromatic carbocycles. The molecule has 126 valence electrons. The van der Waals surface area contributed by atoms with Crippen LogP contribution in [-0.4, -0.2) is 61.3 Å². The molecule has 6 nitrogen and oxygen atoms in total. The van der Waals surface area contributed by atoms with E-state index in [1.54, 1.807) is 17.0 Å². The van der Waals surface area contributed by atoms with E-state index >= 15 is 0 Å². The van der Waals surface area contributed by atoms with Crippen molar-refractivity contribution < 1.29 is 9.18 Å². The lowest BCUT2D eigenvalue weighted by atomic mass is 10.1. The summed E-state index contributed by atoms with van der Waals surface area (Å²) in [5.74, 6) is 1.08. The maximum atomic E-state index is 13.3. The third kappa shape index (κ3) is 3.45. The van der Waals surface area contributed by atoms with E-state index in [2.05, 4.69) is 15.1 Å². The number of nitrogens with zero attached hydrogens (tertiary/aromatic N) is 5. The zero-order valence-electron chi connectivity index (χ0n) is 13.8. The highest BCUT2D eigenvalue weighted by molar-refractivity contribution is 5.94. The summed E-state index contributed by atoms with van der Waals surface area (Å²) in [6.45, 7) is 2.51. The second kappa shape index (κ2) is 6.82. The van der Waals surface area contributed by atoms with Gasteiger partial charge in [-0.05, 0) is 30.3 Å². The van der Waals surface area contributed by atoms with Crippen LogP contribution in [0, 0.1) is 5.82 Å². The first-order valence-corrected chi connectivity index (χ1v) is 7.85. The van der Waals surface area contributed by atoms with Crippen molar-refractivity contribution in [1.82, 2.24) is 15.1 Å². The van der Waals surface area contributed by atoms with Crippen LogP contribution in [0.4, 0.5) is 16.0 Å². The Labute approximate surface area is 140 Å². The number of anilines is 2. The Morgan fingerprint density at radius 1 is 1.08 bits per heavy atom. The van der Waals surface area contributed by atoms with Gasteiger partial charge in [-0.25, -0.2) is 4.39 Å². The Balaban J connectivity index is 1.62. The van der Waals surface area contributed by atoms with Gasteiger partial charge in [0.25, 0.3) is 5.91 Å². The molecule has 0 spiro atoms. The number of hydrogen-bond acceptors (Lipinski definition) is 5. The first-order valence-electron chi connectivity index (χ1n) is 7.85. The van der Waals surface area contributed by atoms with E-state index in [1.807, 2.05) is 31.1 Å². The summed E-state index contributed by atoms with van der Waals surface area (Å²) in [6, 6.07) is 9.67. The minimum Gasteiger partial charge on any atom is -0.361 e. The second-order valence-electron chi connectivity index (χ2n) is 5.93. The molecule has 0 radical (unpaired) electrons. The van der Waals surface area contributed by atoms with Crippen LogP contribution >= 0.6 is 0 Å². The zero-order valence-corrected chi connectivity index (χ0v) is 13.8. The highest BCUT2D eigenvalue weighted by Gasteiger charge is 2.23. The van der Waals surface area contributed by atoms with E-state index in [-0.39, 0.29) is 5.91 Å². The summed E-state index contributed by atoms with van der Waals surface area (Å²) in [7, 11) is 3.83. The number of piperazine rings is 1. The maximum Gasteiger partial charge on any atom is 0.254 e.